The van der Waals surface area contributed by atoms with E-state index in [0.717, 1.165) is 83.4 Å². The van der Waals surface area contributed by atoms with E-state index in [2.05, 4.69) is 128 Å². The molecule has 2 heterocycles. The lowest BCUT2D eigenvalue weighted by Crippen LogP contribution is -2.04. The average molecular weight is 794 g/mol. The van der Waals surface area contributed by atoms with E-state index in [1.165, 1.54) is 22.3 Å². The molecule has 0 aliphatic carbocycles. The lowest BCUT2D eigenvalue weighted by atomic mass is 9.89. The summed E-state index contributed by atoms with van der Waals surface area (Å²) in [6.07, 6.45) is 0. The number of rotatable bonds is 7. The number of nitriles is 2. The van der Waals surface area contributed by atoms with Gasteiger partial charge in [0.2, 0.25) is 0 Å². The van der Waals surface area contributed by atoms with Gasteiger partial charge in [0.1, 0.15) is 0 Å². The smallest absolute Gasteiger partial charge is 0.160 e. The number of hydrogen-bond acceptors (Lipinski definition) is 4. The third-order valence-electron chi connectivity index (χ3n) is 11.8. The van der Waals surface area contributed by atoms with E-state index in [1.54, 1.807) is 0 Å². The Hall–Kier alpha value is -8.38. The first kappa shape index (κ1) is 37.9. The van der Waals surface area contributed by atoms with Crippen LogP contribution in [0.3, 0.4) is 0 Å². The Kier molecular flexibility index (Phi) is 9.56. The zero-order chi connectivity index (χ0) is 42.3. The van der Waals surface area contributed by atoms with E-state index in [4.69, 9.17) is 9.97 Å². The normalized spacial score (nSPS) is 11.1. The predicted molar refractivity (Wildman–Crippen MR) is 253 cm³/mol. The van der Waals surface area contributed by atoms with Crippen LogP contribution in [0.5, 0.6) is 0 Å². The van der Waals surface area contributed by atoms with Crippen LogP contribution in [-0.2, 0) is 0 Å². The monoisotopic (exact) mass is 793 g/mol. The van der Waals surface area contributed by atoms with E-state index >= 15 is 0 Å². The number of fused-ring (bicyclic) bond motifs is 3. The lowest BCUT2D eigenvalue weighted by molar-refractivity contribution is 1.16. The summed E-state index contributed by atoms with van der Waals surface area (Å²) >= 11 is 0. The summed E-state index contributed by atoms with van der Waals surface area (Å²) < 4.78 is 2.32. The second kappa shape index (κ2) is 15.7. The highest BCUT2D eigenvalue weighted by Gasteiger charge is 2.25. The average Bonchev–Trinajstić information content (AvgIpc) is 3.64. The molecule has 0 fully saturated rings. The van der Waals surface area contributed by atoms with Gasteiger partial charge in [-0.1, -0.05) is 139 Å². The molecule has 0 bridgehead atoms. The Labute approximate surface area is 361 Å². The highest BCUT2D eigenvalue weighted by Crippen LogP contribution is 2.46. The standard InChI is InChI=1S/C57H39N5/c1-36-28-37(2)55(38(3)29-36)41-26-27-54-48(30-41)47-24-14-15-25-53(47)62(54)56-49(45-22-12-10-20-42(45)34-58)31-44(32-50(56)46-23-13-11-21-43(46)35-59)57-60-51(39-16-6-4-7-17-39)33-52(61-57)40-18-8-5-9-19-40/h4-33H,1-3H3. The molecule has 0 radical (unpaired) electrons. The van der Waals surface area contributed by atoms with Crippen LogP contribution < -0.4 is 0 Å². The minimum atomic E-state index is 0.527. The van der Waals surface area contributed by atoms with Gasteiger partial charge in [-0.15, -0.1) is 0 Å². The molecule has 0 aliphatic heterocycles. The summed E-state index contributed by atoms with van der Waals surface area (Å²) in [6, 6.07) is 66.8. The van der Waals surface area contributed by atoms with Gasteiger partial charge in [0.05, 0.1) is 51.4 Å². The Bertz CT molecular complexity index is 3300. The molecule has 292 valence electrons. The van der Waals surface area contributed by atoms with Crippen molar-refractivity contribution in [3.63, 3.8) is 0 Å². The van der Waals surface area contributed by atoms with E-state index in [1.807, 2.05) is 91.0 Å². The van der Waals surface area contributed by atoms with Crippen molar-refractivity contribution < 1.29 is 0 Å². The first-order chi connectivity index (χ1) is 30.4. The van der Waals surface area contributed by atoms with E-state index in [0.29, 0.717) is 17.0 Å². The van der Waals surface area contributed by atoms with E-state index < -0.39 is 0 Å². The third-order valence-corrected chi connectivity index (χ3v) is 11.8. The van der Waals surface area contributed by atoms with Crippen LogP contribution in [0, 0.1) is 43.4 Å². The summed E-state index contributed by atoms with van der Waals surface area (Å²) in [7, 11) is 0. The van der Waals surface area contributed by atoms with Crippen molar-refractivity contribution in [3.8, 4) is 85.1 Å². The first-order valence-corrected chi connectivity index (χ1v) is 20.7. The summed E-state index contributed by atoms with van der Waals surface area (Å²) in [5.74, 6) is 0.527. The number of para-hydroxylation sites is 1. The molecule has 10 aromatic rings. The molecule has 0 atom stereocenters. The first-order valence-electron chi connectivity index (χ1n) is 20.7. The molecular weight excluding hydrogens is 755 g/mol. The molecule has 0 amide bonds. The predicted octanol–water partition coefficient (Wildman–Crippen LogP) is 14.2. The fourth-order valence-electron chi connectivity index (χ4n) is 9.14. The Balaban J connectivity index is 1.34. The van der Waals surface area contributed by atoms with Gasteiger partial charge in [0.15, 0.2) is 5.82 Å². The Morgan fingerprint density at radius 1 is 0.419 bits per heavy atom. The van der Waals surface area contributed by atoms with Crippen LogP contribution in [0.25, 0.3) is 94.8 Å². The van der Waals surface area contributed by atoms with E-state index in [9.17, 15) is 10.5 Å². The SMILES string of the molecule is Cc1cc(C)c(-c2ccc3c(c2)c2ccccc2n3-c2c(-c3ccccc3C#N)cc(-c3nc(-c4ccccc4)cc(-c4ccccc4)n3)cc2-c2ccccc2C#N)c(C)c1. The lowest BCUT2D eigenvalue weighted by Gasteiger charge is -2.22. The van der Waals surface area contributed by atoms with Gasteiger partial charge in [-0.05, 0) is 91.6 Å². The molecule has 2 aromatic heterocycles. The van der Waals surface area contributed by atoms with Crippen LogP contribution in [-0.4, -0.2) is 14.5 Å². The molecule has 10 rings (SSSR count). The largest absolute Gasteiger partial charge is 0.308 e. The molecule has 0 spiro atoms. The van der Waals surface area contributed by atoms with Crippen LogP contribution in [0.15, 0.2) is 182 Å². The second-order valence-corrected chi connectivity index (χ2v) is 15.8. The van der Waals surface area contributed by atoms with Crippen molar-refractivity contribution in [3.05, 3.63) is 210 Å². The van der Waals surface area contributed by atoms with Gasteiger partial charge < -0.3 is 4.57 Å². The molecule has 8 aromatic carbocycles. The Morgan fingerprint density at radius 2 is 0.919 bits per heavy atom. The highest BCUT2D eigenvalue weighted by atomic mass is 15.0. The maximum Gasteiger partial charge on any atom is 0.160 e. The van der Waals surface area contributed by atoms with Crippen LogP contribution in [0.1, 0.15) is 27.8 Å². The molecule has 0 saturated heterocycles. The number of benzene rings is 8. The minimum absolute atomic E-state index is 0.527. The zero-order valence-electron chi connectivity index (χ0n) is 34.6. The number of aromatic nitrogens is 3. The minimum Gasteiger partial charge on any atom is -0.308 e. The number of nitrogens with zero attached hydrogens (tertiary/aromatic N) is 5. The fourth-order valence-corrected chi connectivity index (χ4v) is 9.14. The van der Waals surface area contributed by atoms with Gasteiger partial charge in [-0.2, -0.15) is 10.5 Å². The molecule has 0 N–H and O–H groups in total. The maximum absolute atomic E-state index is 10.7. The van der Waals surface area contributed by atoms with Crippen LogP contribution >= 0.6 is 0 Å². The number of hydrogen-bond donors (Lipinski definition) is 0. The molecular formula is C57H39N5. The molecule has 62 heavy (non-hydrogen) atoms. The molecule has 0 aliphatic rings. The third kappa shape index (κ3) is 6.59. The summed E-state index contributed by atoms with van der Waals surface area (Å²) in [5.41, 5.74) is 17.4. The van der Waals surface area contributed by atoms with Crippen molar-refractivity contribution in [1.82, 2.24) is 14.5 Å². The van der Waals surface area contributed by atoms with Crippen LogP contribution in [0.4, 0.5) is 0 Å². The zero-order valence-corrected chi connectivity index (χ0v) is 34.6. The van der Waals surface area contributed by atoms with Crippen molar-refractivity contribution in [2.75, 3.05) is 0 Å². The quantitative estimate of drug-likeness (QED) is 0.161. The summed E-state index contributed by atoms with van der Waals surface area (Å²) in [5, 5.41) is 23.6. The van der Waals surface area contributed by atoms with Gasteiger partial charge in [-0.25, -0.2) is 9.97 Å². The van der Waals surface area contributed by atoms with Crippen molar-refractivity contribution in [1.29, 1.82) is 10.5 Å². The van der Waals surface area contributed by atoms with Gasteiger partial charge in [0.25, 0.3) is 0 Å². The van der Waals surface area contributed by atoms with Crippen molar-refractivity contribution >= 4 is 21.8 Å². The fraction of sp³-hybridized carbons (Fsp3) is 0.0526. The topological polar surface area (TPSA) is 78.3 Å². The van der Waals surface area contributed by atoms with Crippen molar-refractivity contribution in [2.45, 2.75) is 20.8 Å². The molecule has 5 heteroatoms. The molecule has 5 nitrogen and oxygen atoms in total. The van der Waals surface area contributed by atoms with Gasteiger partial charge in [-0.3, -0.25) is 0 Å². The molecule has 0 saturated carbocycles. The summed E-state index contributed by atoms with van der Waals surface area (Å²) in [4.78, 5) is 10.5. The Morgan fingerprint density at radius 3 is 1.48 bits per heavy atom. The molecule has 0 unspecified atom stereocenters. The van der Waals surface area contributed by atoms with E-state index in [-0.39, 0.29) is 0 Å². The second-order valence-electron chi connectivity index (χ2n) is 15.8. The van der Waals surface area contributed by atoms with Gasteiger partial charge in [0, 0.05) is 49.7 Å². The maximum atomic E-state index is 10.7. The van der Waals surface area contributed by atoms with Crippen molar-refractivity contribution in [2.24, 2.45) is 0 Å². The number of aryl methyl sites for hydroxylation is 3. The summed E-state index contributed by atoms with van der Waals surface area (Å²) in [6.45, 7) is 6.51. The van der Waals surface area contributed by atoms with Crippen LogP contribution in [0.2, 0.25) is 0 Å². The highest BCUT2D eigenvalue weighted by molar-refractivity contribution is 6.12. The van der Waals surface area contributed by atoms with Gasteiger partial charge >= 0.3 is 0 Å².